The molecule has 0 aromatic carbocycles. The maximum Gasteiger partial charge on any atom is 0.410 e. The van der Waals surface area contributed by atoms with E-state index in [1.54, 1.807) is 9.80 Å². The van der Waals surface area contributed by atoms with Crippen molar-refractivity contribution in [3.63, 3.8) is 0 Å². The fraction of sp³-hybridized carbons (Fsp3) is 0.857. The maximum atomic E-state index is 12.0. The number of carbonyl (C=O) groups excluding carboxylic acids is 2. The average Bonchev–Trinajstić information content (AvgIpc) is 2.74. The lowest BCUT2D eigenvalue weighted by atomic mass is 10.2. The quantitative estimate of drug-likeness (QED) is 0.741. The molecular weight excluding hydrogens is 322 g/mol. The maximum absolute atomic E-state index is 12.0. The lowest BCUT2D eigenvalue weighted by Gasteiger charge is -2.27. The van der Waals surface area contributed by atoms with Gasteiger partial charge in [0, 0.05) is 43.9 Å². The molecule has 2 amide bonds. The second kappa shape index (κ2) is 5.07. The molecule has 0 radical (unpaired) electrons. The summed E-state index contributed by atoms with van der Waals surface area (Å²) in [4.78, 5) is 27.4. The summed E-state index contributed by atoms with van der Waals surface area (Å²) >= 11 is 0. The van der Waals surface area contributed by atoms with Gasteiger partial charge in [-0.2, -0.15) is 0 Å². The minimum Gasteiger partial charge on any atom is -0.444 e. The van der Waals surface area contributed by atoms with Gasteiger partial charge in [-0.1, -0.05) is 0 Å². The zero-order chi connectivity index (χ0) is 17.2. The van der Waals surface area contributed by atoms with Crippen molar-refractivity contribution < 1.29 is 22.7 Å². The molecule has 3 rings (SSSR count). The molecule has 130 valence electrons. The van der Waals surface area contributed by atoms with E-state index in [1.165, 1.54) is 0 Å². The standard InChI is InChI=1S/C14H23N3O5S/c1-14(2,3)22-13(19)16-6-9-10(7-16)12(9)17-5-8(4-11(17)18)23(15,20)21/h8-10,12H,4-7H2,1-3H3,(H2,15,20,21)/t8?,9-,10+,12?. The first-order valence-corrected chi connectivity index (χ1v) is 9.37. The van der Waals surface area contributed by atoms with Gasteiger partial charge in [0.05, 0.1) is 0 Å². The molecule has 2 saturated heterocycles. The predicted molar refractivity (Wildman–Crippen MR) is 81.8 cm³/mol. The average molecular weight is 345 g/mol. The third kappa shape index (κ3) is 3.16. The number of primary sulfonamides is 1. The van der Waals surface area contributed by atoms with E-state index in [9.17, 15) is 18.0 Å². The second-order valence-electron chi connectivity index (χ2n) is 7.66. The van der Waals surface area contributed by atoms with Crippen LogP contribution in [0.3, 0.4) is 0 Å². The molecule has 2 heterocycles. The van der Waals surface area contributed by atoms with Crippen molar-refractivity contribution >= 4 is 22.0 Å². The lowest BCUT2D eigenvalue weighted by molar-refractivity contribution is -0.128. The number of likely N-dealkylation sites (tertiary alicyclic amines) is 2. The Morgan fingerprint density at radius 3 is 2.22 bits per heavy atom. The molecule has 23 heavy (non-hydrogen) atoms. The van der Waals surface area contributed by atoms with Crippen molar-refractivity contribution in [2.24, 2.45) is 17.0 Å². The third-order valence-electron chi connectivity index (χ3n) is 4.75. The number of nitrogens with two attached hydrogens (primary N) is 1. The van der Waals surface area contributed by atoms with Crippen LogP contribution in [0, 0.1) is 11.8 Å². The van der Waals surface area contributed by atoms with Crippen molar-refractivity contribution in [2.75, 3.05) is 19.6 Å². The first-order valence-electron chi connectivity index (χ1n) is 7.76. The predicted octanol–water partition coefficient (Wildman–Crippen LogP) is -0.259. The summed E-state index contributed by atoms with van der Waals surface area (Å²) < 4.78 is 28.2. The van der Waals surface area contributed by atoms with Crippen LogP contribution in [0.4, 0.5) is 4.79 Å². The Balaban J connectivity index is 1.57. The third-order valence-corrected chi connectivity index (χ3v) is 5.99. The topological polar surface area (TPSA) is 110 Å². The van der Waals surface area contributed by atoms with E-state index in [0.717, 1.165) is 0 Å². The minimum atomic E-state index is -3.69. The Hall–Kier alpha value is -1.35. The lowest BCUT2D eigenvalue weighted by Crippen LogP contribution is -2.41. The van der Waals surface area contributed by atoms with Crippen LogP contribution in [-0.4, -0.2) is 66.7 Å². The number of carbonyl (C=O) groups is 2. The highest BCUT2D eigenvalue weighted by molar-refractivity contribution is 7.89. The zero-order valence-corrected chi connectivity index (χ0v) is 14.4. The van der Waals surface area contributed by atoms with Crippen molar-refractivity contribution in [1.82, 2.24) is 9.80 Å². The van der Waals surface area contributed by atoms with Crippen LogP contribution in [0.1, 0.15) is 27.2 Å². The number of ether oxygens (including phenoxy) is 1. The minimum absolute atomic E-state index is 0.0351. The van der Waals surface area contributed by atoms with Gasteiger partial charge in [0.25, 0.3) is 0 Å². The Morgan fingerprint density at radius 2 is 1.78 bits per heavy atom. The van der Waals surface area contributed by atoms with Crippen LogP contribution in [0.5, 0.6) is 0 Å². The number of piperidine rings is 1. The number of hydrogen-bond acceptors (Lipinski definition) is 5. The molecule has 9 heteroatoms. The van der Waals surface area contributed by atoms with Crippen LogP contribution < -0.4 is 5.14 Å². The van der Waals surface area contributed by atoms with Crippen molar-refractivity contribution in [3.8, 4) is 0 Å². The summed E-state index contributed by atoms with van der Waals surface area (Å²) in [6.07, 6.45) is -0.372. The molecule has 0 spiro atoms. The van der Waals surface area contributed by atoms with E-state index in [-0.39, 0.29) is 42.8 Å². The van der Waals surface area contributed by atoms with Gasteiger partial charge in [-0.05, 0) is 20.8 Å². The van der Waals surface area contributed by atoms with Crippen LogP contribution in [0.25, 0.3) is 0 Å². The fourth-order valence-corrected chi connectivity index (χ4v) is 4.38. The first kappa shape index (κ1) is 16.5. The normalized spacial score (nSPS) is 33.8. The summed E-state index contributed by atoms with van der Waals surface area (Å²) in [5.74, 6) is 0.267. The molecule has 3 aliphatic rings. The molecule has 2 unspecified atom stereocenters. The summed E-state index contributed by atoms with van der Waals surface area (Å²) in [6, 6.07) is 0.0351. The molecule has 0 bridgehead atoms. The first-order chi connectivity index (χ1) is 10.5. The highest BCUT2D eigenvalue weighted by Gasteiger charge is 2.62. The Morgan fingerprint density at radius 1 is 1.22 bits per heavy atom. The second-order valence-corrected chi connectivity index (χ2v) is 9.51. The SMILES string of the molecule is CC(C)(C)OC(=O)N1C[C@@H]2C(N3CC(S(N)(=O)=O)CC3=O)[C@@H]2C1. The molecule has 2 N–H and O–H groups in total. The number of hydrogen-bond donors (Lipinski definition) is 1. The van der Waals surface area contributed by atoms with E-state index in [1.807, 2.05) is 20.8 Å². The molecular formula is C14H23N3O5S. The van der Waals surface area contributed by atoms with Crippen LogP contribution in [-0.2, 0) is 19.6 Å². The molecule has 0 aromatic heterocycles. The van der Waals surface area contributed by atoms with Gasteiger partial charge in [0.1, 0.15) is 10.9 Å². The molecule has 2 aliphatic heterocycles. The number of fused-ring (bicyclic) bond motifs is 1. The van der Waals surface area contributed by atoms with E-state index in [2.05, 4.69) is 0 Å². The Labute approximate surface area is 136 Å². The van der Waals surface area contributed by atoms with Crippen molar-refractivity contribution in [3.05, 3.63) is 0 Å². The molecule has 1 saturated carbocycles. The van der Waals surface area contributed by atoms with Gasteiger partial charge in [0.2, 0.25) is 15.9 Å². The highest BCUT2D eigenvalue weighted by atomic mass is 32.2. The van der Waals surface area contributed by atoms with E-state index < -0.39 is 20.9 Å². The molecule has 3 fully saturated rings. The van der Waals surface area contributed by atoms with Gasteiger partial charge in [-0.15, -0.1) is 0 Å². The molecule has 4 atom stereocenters. The van der Waals surface area contributed by atoms with E-state index in [4.69, 9.17) is 9.88 Å². The highest BCUT2D eigenvalue weighted by Crippen LogP contribution is 2.50. The molecule has 1 aliphatic carbocycles. The summed E-state index contributed by atoms with van der Waals surface area (Å²) in [5, 5.41) is 4.34. The smallest absolute Gasteiger partial charge is 0.410 e. The number of amides is 2. The monoisotopic (exact) mass is 345 g/mol. The number of rotatable bonds is 2. The summed E-state index contributed by atoms with van der Waals surface area (Å²) in [6.45, 7) is 6.73. The van der Waals surface area contributed by atoms with Gasteiger partial charge in [-0.3, -0.25) is 4.79 Å². The van der Waals surface area contributed by atoms with Crippen molar-refractivity contribution in [2.45, 2.75) is 44.1 Å². The molecule has 8 nitrogen and oxygen atoms in total. The van der Waals surface area contributed by atoms with Gasteiger partial charge in [0.15, 0.2) is 0 Å². The number of sulfonamides is 1. The molecule has 0 aromatic rings. The Kier molecular flexibility index (Phi) is 3.64. The van der Waals surface area contributed by atoms with Crippen LogP contribution in [0.15, 0.2) is 0 Å². The largest absolute Gasteiger partial charge is 0.444 e. The van der Waals surface area contributed by atoms with Gasteiger partial charge >= 0.3 is 6.09 Å². The Bertz CT molecular complexity index is 629. The van der Waals surface area contributed by atoms with Gasteiger partial charge < -0.3 is 14.5 Å². The zero-order valence-electron chi connectivity index (χ0n) is 13.6. The van der Waals surface area contributed by atoms with Crippen molar-refractivity contribution in [1.29, 1.82) is 0 Å². The van der Waals surface area contributed by atoms with Crippen LogP contribution >= 0.6 is 0 Å². The summed E-state index contributed by atoms with van der Waals surface area (Å²) in [7, 11) is -3.69. The van der Waals surface area contributed by atoms with E-state index in [0.29, 0.717) is 13.1 Å². The van der Waals surface area contributed by atoms with Gasteiger partial charge in [-0.25, -0.2) is 18.4 Å². The van der Waals surface area contributed by atoms with Crippen LogP contribution in [0.2, 0.25) is 0 Å². The fourth-order valence-electron chi connectivity index (χ4n) is 3.64. The summed E-state index contributed by atoms with van der Waals surface area (Å²) in [5.41, 5.74) is -0.531. The number of nitrogens with zero attached hydrogens (tertiary/aromatic N) is 2. The van der Waals surface area contributed by atoms with E-state index >= 15 is 0 Å².